The van der Waals surface area contributed by atoms with Crippen LogP contribution in [0.15, 0.2) is 170 Å². The normalized spacial score (nSPS) is 11.5. The lowest BCUT2D eigenvalue weighted by Crippen LogP contribution is -2.10. The van der Waals surface area contributed by atoms with Crippen LogP contribution >= 0.6 is 0 Å². The van der Waals surface area contributed by atoms with Gasteiger partial charge in [-0.25, -0.2) is 0 Å². The monoisotopic (exact) mass is 562 g/mol. The first-order valence-corrected chi connectivity index (χ1v) is 15.0. The Bertz CT molecular complexity index is 2200. The molecule has 0 amide bonds. The number of aromatic nitrogens is 1. The van der Waals surface area contributed by atoms with Gasteiger partial charge in [0.15, 0.2) is 0 Å². The van der Waals surface area contributed by atoms with E-state index in [1.54, 1.807) is 0 Å². The molecule has 0 radical (unpaired) electrons. The molecule has 0 aliphatic rings. The summed E-state index contributed by atoms with van der Waals surface area (Å²) in [5, 5.41) is 5.00. The SMILES string of the molecule is C(=Cc1ccc(N(c2ccc(-n3c4ccccc4c4ccccc43)cc2)c2ccc3ccccc3c2)cc1)c1ccccc1. The second-order valence-corrected chi connectivity index (χ2v) is 11.1. The van der Waals surface area contributed by atoms with Crippen LogP contribution in [0.3, 0.4) is 0 Å². The van der Waals surface area contributed by atoms with Gasteiger partial charge in [-0.3, -0.25) is 0 Å². The third kappa shape index (κ3) is 4.73. The number of rotatable bonds is 6. The fraction of sp³-hybridized carbons (Fsp3) is 0. The molecule has 8 rings (SSSR count). The smallest absolute Gasteiger partial charge is 0.0541 e. The van der Waals surface area contributed by atoms with Crippen molar-refractivity contribution >= 4 is 61.8 Å². The van der Waals surface area contributed by atoms with E-state index in [-0.39, 0.29) is 0 Å². The third-order valence-electron chi connectivity index (χ3n) is 8.36. The summed E-state index contributed by atoms with van der Waals surface area (Å²) in [5.74, 6) is 0. The zero-order valence-corrected chi connectivity index (χ0v) is 24.2. The number of hydrogen-bond acceptors (Lipinski definition) is 1. The van der Waals surface area contributed by atoms with E-state index >= 15 is 0 Å². The van der Waals surface area contributed by atoms with E-state index in [1.165, 1.54) is 38.1 Å². The van der Waals surface area contributed by atoms with E-state index in [9.17, 15) is 0 Å². The van der Waals surface area contributed by atoms with E-state index < -0.39 is 0 Å². The summed E-state index contributed by atoms with van der Waals surface area (Å²) in [5.41, 5.74) is 9.28. The quantitative estimate of drug-likeness (QED) is 0.183. The Labute approximate surface area is 257 Å². The van der Waals surface area contributed by atoms with Gasteiger partial charge >= 0.3 is 0 Å². The molecule has 0 unspecified atom stereocenters. The van der Waals surface area contributed by atoms with Gasteiger partial charge in [-0.05, 0) is 82.6 Å². The van der Waals surface area contributed by atoms with Gasteiger partial charge in [-0.2, -0.15) is 0 Å². The van der Waals surface area contributed by atoms with Gasteiger partial charge in [0.25, 0.3) is 0 Å². The molecule has 0 saturated heterocycles. The van der Waals surface area contributed by atoms with Crippen molar-refractivity contribution in [2.45, 2.75) is 0 Å². The first-order valence-electron chi connectivity index (χ1n) is 15.0. The first kappa shape index (κ1) is 25.8. The number of fused-ring (bicyclic) bond motifs is 4. The van der Waals surface area contributed by atoms with Crippen LogP contribution in [0, 0.1) is 0 Å². The van der Waals surface area contributed by atoms with Gasteiger partial charge in [0.2, 0.25) is 0 Å². The zero-order valence-electron chi connectivity index (χ0n) is 24.2. The minimum atomic E-state index is 1.11. The Kier molecular flexibility index (Phi) is 6.51. The van der Waals surface area contributed by atoms with Gasteiger partial charge in [-0.15, -0.1) is 0 Å². The van der Waals surface area contributed by atoms with Crippen LogP contribution in [-0.2, 0) is 0 Å². The van der Waals surface area contributed by atoms with Crippen LogP contribution in [0.1, 0.15) is 11.1 Å². The fourth-order valence-corrected chi connectivity index (χ4v) is 6.21. The highest BCUT2D eigenvalue weighted by Crippen LogP contribution is 2.38. The van der Waals surface area contributed by atoms with Gasteiger partial charge in [0, 0.05) is 33.5 Å². The minimum absolute atomic E-state index is 1.11. The van der Waals surface area contributed by atoms with Crippen LogP contribution in [-0.4, -0.2) is 4.57 Å². The molecule has 0 aliphatic heterocycles. The topological polar surface area (TPSA) is 8.17 Å². The summed E-state index contributed by atoms with van der Waals surface area (Å²) in [4.78, 5) is 2.34. The lowest BCUT2D eigenvalue weighted by Gasteiger charge is -2.26. The van der Waals surface area contributed by atoms with E-state index in [0.29, 0.717) is 0 Å². The van der Waals surface area contributed by atoms with Gasteiger partial charge in [0.1, 0.15) is 0 Å². The molecule has 0 aliphatic carbocycles. The van der Waals surface area contributed by atoms with Crippen LogP contribution in [0.25, 0.3) is 50.4 Å². The standard InChI is InChI=1S/C42H30N2/c1-2-10-31(11-3-1)18-19-32-20-23-35(24-21-32)43(38-25-22-33-12-4-5-13-34(33)30-38)36-26-28-37(29-27-36)44-41-16-8-6-14-39(41)40-15-7-9-17-42(40)44/h1-30H. The second kappa shape index (κ2) is 11.1. The molecule has 0 atom stereocenters. The number of para-hydroxylation sites is 2. The van der Waals surface area contributed by atoms with Gasteiger partial charge in [0.05, 0.1) is 11.0 Å². The van der Waals surface area contributed by atoms with Crippen molar-refractivity contribution in [3.05, 3.63) is 181 Å². The Balaban J connectivity index is 1.21. The van der Waals surface area contributed by atoms with Crippen LogP contribution < -0.4 is 4.90 Å². The summed E-state index contributed by atoms with van der Waals surface area (Å²) in [6.07, 6.45) is 4.32. The van der Waals surface area contributed by atoms with Crippen LogP contribution in [0.5, 0.6) is 0 Å². The molecule has 7 aromatic carbocycles. The Hall–Kier alpha value is -5.86. The maximum atomic E-state index is 2.36. The van der Waals surface area contributed by atoms with E-state index in [2.05, 4.69) is 185 Å². The van der Waals surface area contributed by atoms with Crippen LogP contribution in [0.4, 0.5) is 17.1 Å². The molecule has 208 valence electrons. The van der Waals surface area contributed by atoms with Gasteiger partial charge in [-0.1, -0.05) is 121 Å². The molecule has 1 heterocycles. The molecular weight excluding hydrogens is 532 g/mol. The summed E-state index contributed by atoms with van der Waals surface area (Å²) >= 11 is 0. The summed E-state index contributed by atoms with van der Waals surface area (Å²) in [6.45, 7) is 0. The predicted molar refractivity (Wildman–Crippen MR) is 188 cm³/mol. The van der Waals surface area contributed by atoms with E-state index in [1.807, 2.05) is 6.07 Å². The van der Waals surface area contributed by atoms with Gasteiger partial charge < -0.3 is 9.47 Å². The zero-order chi connectivity index (χ0) is 29.3. The van der Waals surface area contributed by atoms with E-state index in [4.69, 9.17) is 0 Å². The molecule has 44 heavy (non-hydrogen) atoms. The molecule has 1 aromatic heterocycles. The lowest BCUT2D eigenvalue weighted by atomic mass is 10.1. The fourth-order valence-electron chi connectivity index (χ4n) is 6.21. The molecule has 2 heteroatoms. The summed E-state index contributed by atoms with van der Waals surface area (Å²) in [6, 6.07) is 60.7. The number of benzene rings is 7. The molecule has 0 saturated carbocycles. The molecule has 0 N–H and O–H groups in total. The average molecular weight is 563 g/mol. The minimum Gasteiger partial charge on any atom is -0.310 e. The Morgan fingerprint density at radius 3 is 1.55 bits per heavy atom. The highest BCUT2D eigenvalue weighted by atomic mass is 15.1. The highest BCUT2D eigenvalue weighted by Gasteiger charge is 2.15. The molecule has 2 nitrogen and oxygen atoms in total. The molecule has 0 bridgehead atoms. The van der Waals surface area contributed by atoms with Crippen molar-refractivity contribution in [2.24, 2.45) is 0 Å². The van der Waals surface area contributed by atoms with Crippen LogP contribution in [0.2, 0.25) is 0 Å². The highest BCUT2D eigenvalue weighted by molar-refractivity contribution is 6.09. The largest absolute Gasteiger partial charge is 0.310 e. The van der Waals surface area contributed by atoms with Crippen molar-refractivity contribution < 1.29 is 0 Å². The number of anilines is 3. The summed E-state index contributed by atoms with van der Waals surface area (Å²) < 4.78 is 2.36. The molecular formula is C42H30N2. The lowest BCUT2D eigenvalue weighted by molar-refractivity contribution is 1.17. The maximum Gasteiger partial charge on any atom is 0.0541 e. The molecule has 8 aromatic rings. The predicted octanol–water partition coefficient (Wildman–Crippen LogP) is 11.6. The maximum absolute atomic E-state index is 2.36. The average Bonchev–Trinajstić information content (AvgIpc) is 3.43. The molecule has 0 spiro atoms. The Morgan fingerprint density at radius 2 is 0.886 bits per heavy atom. The van der Waals surface area contributed by atoms with Crippen molar-refractivity contribution in [1.82, 2.24) is 4.57 Å². The number of hydrogen-bond donors (Lipinski definition) is 0. The number of nitrogens with zero attached hydrogens (tertiary/aromatic N) is 2. The second-order valence-electron chi connectivity index (χ2n) is 11.1. The third-order valence-corrected chi connectivity index (χ3v) is 8.36. The van der Waals surface area contributed by atoms with E-state index in [0.717, 1.165) is 28.3 Å². The van der Waals surface area contributed by atoms with Crippen molar-refractivity contribution in [1.29, 1.82) is 0 Å². The first-order chi connectivity index (χ1) is 21.8. The van der Waals surface area contributed by atoms with Crippen molar-refractivity contribution in [2.75, 3.05) is 4.90 Å². The molecule has 0 fully saturated rings. The summed E-state index contributed by atoms with van der Waals surface area (Å²) in [7, 11) is 0. The Morgan fingerprint density at radius 1 is 0.386 bits per heavy atom. The van der Waals surface area contributed by atoms with Crippen molar-refractivity contribution in [3.8, 4) is 5.69 Å². The van der Waals surface area contributed by atoms with Crippen molar-refractivity contribution in [3.63, 3.8) is 0 Å².